The van der Waals surface area contributed by atoms with Crippen molar-refractivity contribution in [2.75, 3.05) is 6.54 Å². The lowest BCUT2D eigenvalue weighted by atomic mass is 10.1. The van der Waals surface area contributed by atoms with E-state index in [2.05, 4.69) is 37.1 Å². The molecule has 4 heteroatoms. The van der Waals surface area contributed by atoms with E-state index in [9.17, 15) is 4.79 Å². The molecular formula is C13H21NO2S. The zero-order chi connectivity index (χ0) is 13.0. The summed E-state index contributed by atoms with van der Waals surface area (Å²) < 4.78 is 0. The third-order valence-corrected chi connectivity index (χ3v) is 4.37. The molecule has 1 N–H and O–H groups in total. The van der Waals surface area contributed by atoms with Gasteiger partial charge in [0.1, 0.15) is 0 Å². The average molecular weight is 255 g/mol. The number of thiophene rings is 1. The van der Waals surface area contributed by atoms with Crippen LogP contribution in [0, 0.1) is 6.92 Å². The monoisotopic (exact) mass is 255 g/mol. The zero-order valence-electron chi connectivity index (χ0n) is 10.9. The van der Waals surface area contributed by atoms with Gasteiger partial charge in [-0.3, -0.25) is 9.69 Å². The Bertz CT molecular complexity index is 375. The fraction of sp³-hybridized carbons (Fsp3) is 0.615. The first-order chi connectivity index (χ1) is 7.97. The highest BCUT2D eigenvalue weighted by atomic mass is 32.1. The van der Waals surface area contributed by atoms with Gasteiger partial charge in [0.05, 0.1) is 6.42 Å². The molecule has 0 aliphatic carbocycles. The van der Waals surface area contributed by atoms with Gasteiger partial charge in [-0.15, -0.1) is 11.3 Å². The Hall–Kier alpha value is -0.870. The van der Waals surface area contributed by atoms with Crippen molar-refractivity contribution < 1.29 is 9.90 Å². The first kappa shape index (κ1) is 14.2. The molecule has 0 aliphatic rings. The third kappa shape index (κ3) is 3.54. The second-order valence-corrected chi connectivity index (χ2v) is 5.37. The average Bonchev–Trinajstić information content (AvgIpc) is 2.64. The second kappa shape index (κ2) is 6.17. The highest BCUT2D eigenvalue weighted by Gasteiger charge is 2.23. The van der Waals surface area contributed by atoms with Crippen molar-refractivity contribution in [1.29, 1.82) is 0 Å². The molecule has 0 aromatic carbocycles. The largest absolute Gasteiger partial charge is 0.481 e. The smallest absolute Gasteiger partial charge is 0.304 e. The minimum Gasteiger partial charge on any atom is -0.481 e. The van der Waals surface area contributed by atoms with E-state index in [1.165, 1.54) is 10.4 Å². The van der Waals surface area contributed by atoms with Gasteiger partial charge in [-0.25, -0.2) is 0 Å². The summed E-state index contributed by atoms with van der Waals surface area (Å²) in [5.41, 5.74) is 1.29. The Morgan fingerprint density at radius 1 is 1.53 bits per heavy atom. The normalized spacial score (nSPS) is 14.9. The van der Waals surface area contributed by atoms with Crippen LogP contribution in [0.4, 0.5) is 0 Å². The molecular weight excluding hydrogens is 234 g/mol. The van der Waals surface area contributed by atoms with E-state index in [0.29, 0.717) is 0 Å². The van der Waals surface area contributed by atoms with Gasteiger partial charge in [0, 0.05) is 17.0 Å². The van der Waals surface area contributed by atoms with Gasteiger partial charge in [-0.1, -0.05) is 6.92 Å². The molecule has 3 nitrogen and oxygen atoms in total. The highest BCUT2D eigenvalue weighted by molar-refractivity contribution is 7.10. The Balaban J connectivity index is 2.80. The van der Waals surface area contributed by atoms with Gasteiger partial charge in [0.15, 0.2) is 0 Å². The third-order valence-electron chi connectivity index (χ3n) is 3.18. The number of aryl methyl sites for hydroxylation is 1. The lowest BCUT2D eigenvalue weighted by molar-refractivity contribution is -0.138. The maximum absolute atomic E-state index is 10.8. The lowest BCUT2D eigenvalue weighted by Gasteiger charge is -2.32. The summed E-state index contributed by atoms with van der Waals surface area (Å²) in [5, 5.41) is 11.0. The van der Waals surface area contributed by atoms with E-state index in [0.717, 1.165) is 6.54 Å². The van der Waals surface area contributed by atoms with Crippen LogP contribution in [-0.2, 0) is 4.79 Å². The van der Waals surface area contributed by atoms with Crippen LogP contribution in [0.15, 0.2) is 11.4 Å². The minimum atomic E-state index is -0.731. The molecule has 1 aromatic rings. The first-order valence-corrected chi connectivity index (χ1v) is 6.86. The standard InChI is InChI=1S/C13H21NO2S/c1-5-14(10(3)8-12(15)16)11(4)13-9(2)6-7-17-13/h6-7,10-11H,5,8H2,1-4H3,(H,15,16). The van der Waals surface area contributed by atoms with Crippen LogP contribution in [0.2, 0.25) is 0 Å². The van der Waals surface area contributed by atoms with Gasteiger partial charge in [-0.2, -0.15) is 0 Å². The van der Waals surface area contributed by atoms with Crippen molar-refractivity contribution in [1.82, 2.24) is 4.90 Å². The van der Waals surface area contributed by atoms with Crippen LogP contribution in [0.25, 0.3) is 0 Å². The van der Waals surface area contributed by atoms with Crippen molar-refractivity contribution in [3.63, 3.8) is 0 Å². The second-order valence-electron chi connectivity index (χ2n) is 4.42. The summed E-state index contributed by atoms with van der Waals surface area (Å²) in [6, 6.07) is 2.47. The van der Waals surface area contributed by atoms with Crippen molar-refractivity contribution in [2.24, 2.45) is 0 Å². The molecule has 2 unspecified atom stereocenters. The minimum absolute atomic E-state index is 0.0639. The first-order valence-electron chi connectivity index (χ1n) is 5.98. The summed E-state index contributed by atoms with van der Waals surface area (Å²) in [5.74, 6) is -0.731. The van der Waals surface area contributed by atoms with Crippen molar-refractivity contribution in [3.05, 3.63) is 21.9 Å². The fourth-order valence-electron chi connectivity index (χ4n) is 2.30. The molecule has 0 bridgehead atoms. The number of rotatable bonds is 6. The summed E-state index contributed by atoms with van der Waals surface area (Å²) in [7, 11) is 0. The summed E-state index contributed by atoms with van der Waals surface area (Å²) in [6.07, 6.45) is 0.197. The molecule has 0 aliphatic heterocycles. The molecule has 0 radical (unpaired) electrons. The van der Waals surface area contributed by atoms with Gasteiger partial charge in [0.2, 0.25) is 0 Å². The highest BCUT2D eigenvalue weighted by Crippen LogP contribution is 2.30. The molecule has 0 saturated carbocycles. The molecule has 0 saturated heterocycles. The van der Waals surface area contributed by atoms with Crippen LogP contribution >= 0.6 is 11.3 Å². The number of carboxylic acid groups (broad SMARTS) is 1. The number of hydrogen-bond donors (Lipinski definition) is 1. The quantitative estimate of drug-likeness (QED) is 0.848. The van der Waals surface area contributed by atoms with E-state index < -0.39 is 5.97 Å². The molecule has 0 spiro atoms. The molecule has 17 heavy (non-hydrogen) atoms. The maximum atomic E-state index is 10.8. The van der Waals surface area contributed by atoms with Crippen molar-refractivity contribution in [3.8, 4) is 0 Å². The summed E-state index contributed by atoms with van der Waals surface area (Å²) >= 11 is 1.75. The molecule has 1 rings (SSSR count). The number of carbonyl (C=O) groups is 1. The number of aliphatic carboxylic acids is 1. The van der Waals surface area contributed by atoms with Gasteiger partial charge < -0.3 is 5.11 Å². The van der Waals surface area contributed by atoms with Crippen LogP contribution in [0.5, 0.6) is 0 Å². The van der Waals surface area contributed by atoms with Gasteiger partial charge in [-0.05, 0) is 44.3 Å². The van der Waals surface area contributed by atoms with Crippen LogP contribution in [0.3, 0.4) is 0 Å². The Labute approximate surface area is 107 Å². The SMILES string of the molecule is CCN(C(C)CC(=O)O)C(C)c1sccc1C. The molecule has 96 valence electrons. The predicted molar refractivity (Wildman–Crippen MR) is 71.6 cm³/mol. The molecule has 2 atom stereocenters. The topological polar surface area (TPSA) is 40.5 Å². The molecule has 1 aromatic heterocycles. The Morgan fingerprint density at radius 3 is 2.59 bits per heavy atom. The van der Waals surface area contributed by atoms with E-state index >= 15 is 0 Å². The predicted octanol–water partition coefficient (Wildman–Crippen LogP) is 3.30. The van der Waals surface area contributed by atoms with E-state index in [-0.39, 0.29) is 18.5 Å². The van der Waals surface area contributed by atoms with E-state index in [1.54, 1.807) is 11.3 Å². The molecule has 0 amide bonds. The van der Waals surface area contributed by atoms with Crippen LogP contribution in [-0.4, -0.2) is 28.6 Å². The van der Waals surface area contributed by atoms with Crippen LogP contribution in [0.1, 0.15) is 43.7 Å². The summed E-state index contributed by atoms with van der Waals surface area (Å²) in [4.78, 5) is 14.4. The molecule has 1 heterocycles. The number of hydrogen-bond acceptors (Lipinski definition) is 3. The maximum Gasteiger partial charge on any atom is 0.304 e. The number of nitrogens with zero attached hydrogens (tertiary/aromatic N) is 1. The zero-order valence-corrected chi connectivity index (χ0v) is 11.8. The van der Waals surface area contributed by atoms with Crippen LogP contribution < -0.4 is 0 Å². The lowest BCUT2D eigenvalue weighted by Crippen LogP contribution is -2.36. The fourth-order valence-corrected chi connectivity index (χ4v) is 3.31. The van der Waals surface area contributed by atoms with E-state index in [4.69, 9.17) is 5.11 Å². The van der Waals surface area contributed by atoms with Crippen molar-refractivity contribution >= 4 is 17.3 Å². The van der Waals surface area contributed by atoms with E-state index in [1.807, 2.05) is 6.92 Å². The van der Waals surface area contributed by atoms with Crippen molar-refractivity contribution in [2.45, 2.75) is 46.2 Å². The number of carboxylic acids is 1. The molecule has 0 fully saturated rings. The summed E-state index contributed by atoms with van der Waals surface area (Å²) in [6.45, 7) is 9.19. The van der Waals surface area contributed by atoms with Gasteiger partial charge >= 0.3 is 5.97 Å². The van der Waals surface area contributed by atoms with Gasteiger partial charge in [0.25, 0.3) is 0 Å². The Morgan fingerprint density at radius 2 is 2.18 bits per heavy atom. The Kier molecular flexibility index (Phi) is 5.15.